The molecule has 25 heavy (non-hydrogen) atoms. The summed E-state index contributed by atoms with van der Waals surface area (Å²) >= 11 is 1.78. The maximum Gasteiger partial charge on any atom is 0.494 e. The number of thiazole rings is 1. The van der Waals surface area contributed by atoms with Gasteiger partial charge in [0.15, 0.2) is 0 Å². The maximum atomic E-state index is 6.13. The van der Waals surface area contributed by atoms with Crippen molar-refractivity contribution >= 4 is 23.9 Å². The Morgan fingerprint density at radius 1 is 1.12 bits per heavy atom. The minimum atomic E-state index is -0.308. The van der Waals surface area contributed by atoms with Crippen LogP contribution in [0.25, 0.3) is 10.4 Å². The van der Waals surface area contributed by atoms with Gasteiger partial charge in [-0.05, 0) is 58.1 Å². The highest BCUT2D eigenvalue weighted by atomic mass is 32.1. The third-order valence-corrected chi connectivity index (χ3v) is 6.76. The van der Waals surface area contributed by atoms with Gasteiger partial charge in [0.25, 0.3) is 0 Å². The predicted octanol–water partition coefficient (Wildman–Crippen LogP) is 3.53. The van der Waals surface area contributed by atoms with E-state index in [-0.39, 0.29) is 18.3 Å². The topological polar surface area (TPSA) is 43.4 Å². The molecule has 3 heterocycles. The third-order valence-electron chi connectivity index (χ3n) is 5.60. The fourth-order valence-corrected chi connectivity index (χ4v) is 4.29. The Kier molecular flexibility index (Phi) is 4.27. The third kappa shape index (κ3) is 3.17. The van der Waals surface area contributed by atoms with Crippen molar-refractivity contribution in [1.29, 1.82) is 0 Å². The molecule has 2 aliphatic heterocycles. The molecule has 1 aromatic heterocycles. The summed E-state index contributed by atoms with van der Waals surface area (Å²) in [4.78, 5) is 5.83. The van der Waals surface area contributed by atoms with Gasteiger partial charge >= 0.3 is 7.12 Å². The quantitative estimate of drug-likeness (QED) is 0.855. The zero-order chi connectivity index (χ0) is 17.7. The monoisotopic (exact) mass is 356 g/mol. The molecule has 0 amide bonds. The highest BCUT2D eigenvalue weighted by molar-refractivity contribution is 7.15. The van der Waals surface area contributed by atoms with E-state index in [1.54, 1.807) is 11.3 Å². The molecule has 4 nitrogen and oxygen atoms in total. The number of aromatic nitrogens is 1. The molecule has 1 N–H and O–H groups in total. The molecule has 2 fully saturated rings. The van der Waals surface area contributed by atoms with Crippen LogP contribution in [0.3, 0.4) is 0 Å². The van der Waals surface area contributed by atoms with Crippen LogP contribution in [0.4, 0.5) is 0 Å². The lowest BCUT2D eigenvalue weighted by molar-refractivity contribution is 0.00578. The van der Waals surface area contributed by atoms with Gasteiger partial charge in [-0.2, -0.15) is 0 Å². The van der Waals surface area contributed by atoms with Crippen LogP contribution in [0.2, 0.25) is 0 Å². The fraction of sp³-hybridized carbons (Fsp3) is 0.526. The molecule has 1 aromatic carbocycles. The zero-order valence-corrected chi connectivity index (χ0v) is 16.2. The second-order valence-electron chi connectivity index (χ2n) is 7.92. The van der Waals surface area contributed by atoms with E-state index in [0.717, 1.165) is 12.0 Å². The van der Waals surface area contributed by atoms with Gasteiger partial charge in [0, 0.05) is 6.20 Å². The maximum absolute atomic E-state index is 6.13. The van der Waals surface area contributed by atoms with Crippen LogP contribution in [-0.4, -0.2) is 29.8 Å². The SMILES string of the molecule is CC1(C)OB(c2ccc(-c3cnc([C@@H]4CCCN4)s3)cc2)OC1(C)C. The van der Waals surface area contributed by atoms with Gasteiger partial charge in [-0.3, -0.25) is 0 Å². The van der Waals surface area contributed by atoms with Crippen LogP contribution >= 0.6 is 11.3 Å². The lowest BCUT2D eigenvalue weighted by atomic mass is 9.79. The van der Waals surface area contributed by atoms with Gasteiger partial charge in [0.2, 0.25) is 0 Å². The molecular weight excluding hydrogens is 331 g/mol. The summed E-state index contributed by atoms with van der Waals surface area (Å²) in [6, 6.07) is 8.91. The minimum Gasteiger partial charge on any atom is -0.399 e. The largest absolute Gasteiger partial charge is 0.494 e. The van der Waals surface area contributed by atoms with E-state index in [2.05, 4.69) is 62.3 Å². The number of nitrogens with one attached hydrogen (secondary N) is 1. The van der Waals surface area contributed by atoms with Gasteiger partial charge in [-0.15, -0.1) is 11.3 Å². The lowest BCUT2D eigenvalue weighted by Crippen LogP contribution is -2.41. The van der Waals surface area contributed by atoms with Crippen molar-refractivity contribution in [3.05, 3.63) is 35.5 Å². The average molecular weight is 356 g/mol. The smallest absolute Gasteiger partial charge is 0.399 e. The van der Waals surface area contributed by atoms with Crippen LogP contribution in [0.1, 0.15) is 51.6 Å². The summed E-state index contributed by atoms with van der Waals surface area (Å²) in [5, 5.41) is 4.71. The summed E-state index contributed by atoms with van der Waals surface area (Å²) in [5.74, 6) is 0. The van der Waals surface area contributed by atoms with E-state index in [0.29, 0.717) is 6.04 Å². The van der Waals surface area contributed by atoms with Crippen molar-refractivity contribution in [1.82, 2.24) is 10.3 Å². The molecular formula is C19H25BN2O2S. The molecule has 4 rings (SSSR count). The van der Waals surface area contributed by atoms with Crippen molar-refractivity contribution in [2.45, 2.75) is 57.8 Å². The van der Waals surface area contributed by atoms with E-state index in [1.165, 1.54) is 28.3 Å². The van der Waals surface area contributed by atoms with Crippen molar-refractivity contribution in [2.75, 3.05) is 6.54 Å². The van der Waals surface area contributed by atoms with E-state index in [9.17, 15) is 0 Å². The molecule has 132 valence electrons. The predicted molar refractivity (Wildman–Crippen MR) is 103 cm³/mol. The van der Waals surface area contributed by atoms with Crippen molar-refractivity contribution in [3.63, 3.8) is 0 Å². The Balaban J connectivity index is 1.51. The van der Waals surface area contributed by atoms with E-state index in [1.807, 2.05) is 6.20 Å². The summed E-state index contributed by atoms with van der Waals surface area (Å²) < 4.78 is 12.3. The first-order valence-corrected chi connectivity index (χ1v) is 9.82. The highest BCUT2D eigenvalue weighted by Crippen LogP contribution is 2.37. The molecule has 1 atom stereocenters. The van der Waals surface area contributed by atoms with Crippen LogP contribution in [0.5, 0.6) is 0 Å². The first kappa shape index (κ1) is 17.2. The van der Waals surface area contributed by atoms with E-state index >= 15 is 0 Å². The molecule has 0 bridgehead atoms. The van der Waals surface area contributed by atoms with E-state index < -0.39 is 0 Å². The summed E-state index contributed by atoms with van der Waals surface area (Å²) in [6.07, 6.45) is 4.42. The van der Waals surface area contributed by atoms with E-state index in [4.69, 9.17) is 9.31 Å². The first-order chi connectivity index (χ1) is 11.9. The van der Waals surface area contributed by atoms with Gasteiger partial charge in [-0.1, -0.05) is 24.3 Å². The Hall–Kier alpha value is -1.21. The Morgan fingerprint density at radius 3 is 2.40 bits per heavy atom. The van der Waals surface area contributed by atoms with Crippen LogP contribution in [0.15, 0.2) is 30.5 Å². The Labute approximate surface area is 154 Å². The Bertz CT molecular complexity index is 735. The van der Waals surface area contributed by atoms with Crippen molar-refractivity contribution < 1.29 is 9.31 Å². The molecule has 2 aliphatic rings. The number of hydrogen-bond acceptors (Lipinski definition) is 5. The lowest BCUT2D eigenvalue weighted by Gasteiger charge is -2.32. The summed E-state index contributed by atoms with van der Waals surface area (Å²) in [5.41, 5.74) is 1.64. The highest BCUT2D eigenvalue weighted by Gasteiger charge is 2.51. The summed E-state index contributed by atoms with van der Waals surface area (Å²) in [6.45, 7) is 9.42. The number of nitrogens with zero attached hydrogens (tertiary/aromatic N) is 1. The van der Waals surface area contributed by atoms with Crippen molar-refractivity contribution in [3.8, 4) is 10.4 Å². The normalized spacial score (nSPS) is 24.8. The van der Waals surface area contributed by atoms with Gasteiger partial charge in [0.1, 0.15) is 5.01 Å². The molecule has 2 saturated heterocycles. The second-order valence-corrected chi connectivity index (χ2v) is 8.98. The molecule has 0 saturated carbocycles. The zero-order valence-electron chi connectivity index (χ0n) is 15.3. The Morgan fingerprint density at radius 2 is 1.80 bits per heavy atom. The number of benzene rings is 1. The number of hydrogen-bond donors (Lipinski definition) is 1. The number of rotatable bonds is 3. The molecule has 6 heteroatoms. The molecule has 0 spiro atoms. The van der Waals surface area contributed by atoms with Crippen LogP contribution in [0, 0.1) is 0 Å². The molecule has 0 unspecified atom stereocenters. The molecule has 2 aromatic rings. The molecule has 0 aliphatic carbocycles. The fourth-order valence-electron chi connectivity index (χ4n) is 3.26. The van der Waals surface area contributed by atoms with Crippen LogP contribution in [-0.2, 0) is 9.31 Å². The first-order valence-electron chi connectivity index (χ1n) is 9.01. The minimum absolute atomic E-state index is 0.307. The van der Waals surface area contributed by atoms with Gasteiger partial charge in [-0.25, -0.2) is 4.98 Å². The van der Waals surface area contributed by atoms with Gasteiger partial charge in [0.05, 0.1) is 22.1 Å². The second kappa shape index (κ2) is 6.20. The van der Waals surface area contributed by atoms with Crippen LogP contribution < -0.4 is 10.8 Å². The molecule has 0 radical (unpaired) electrons. The standard InChI is InChI=1S/C19H25BN2O2S/c1-18(2)19(3,4)24-20(23-18)14-9-7-13(8-10-14)16-12-22-17(25-16)15-6-5-11-21-15/h7-10,12,15,21H,5-6,11H2,1-4H3/t15-/m0/s1. The average Bonchev–Trinajstić information content (AvgIpc) is 3.28. The summed E-state index contributed by atoms with van der Waals surface area (Å²) in [7, 11) is -0.307. The van der Waals surface area contributed by atoms with Crippen molar-refractivity contribution in [2.24, 2.45) is 0 Å². The van der Waals surface area contributed by atoms with Gasteiger partial charge < -0.3 is 14.6 Å².